The molecule has 2 atom stereocenters. The Morgan fingerprint density at radius 1 is 1.56 bits per heavy atom. The maximum Gasteiger partial charge on any atom is 0.326 e. The van der Waals surface area contributed by atoms with Gasteiger partial charge in [0.2, 0.25) is 0 Å². The van der Waals surface area contributed by atoms with Crippen LogP contribution in [0.25, 0.3) is 0 Å². The third kappa shape index (κ3) is 3.99. The Labute approximate surface area is 109 Å². The van der Waals surface area contributed by atoms with Gasteiger partial charge >= 0.3 is 12.0 Å². The van der Waals surface area contributed by atoms with Crippen LogP contribution >= 0.6 is 11.3 Å². The Morgan fingerprint density at radius 3 is 2.67 bits per heavy atom. The quantitative estimate of drug-likeness (QED) is 0.764. The van der Waals surface area contributed by atoms with E-state index in [4.69, 9.17) is 5.11 Å². The van der Waals surface area contributed by atoms with Crippen LogP contribution in [0, 0.1) is 12.8 Å². The molecule has 3 N–H and O–H groups in total. The Bertz CT molecular complexity index is 433. The molecule has 0 saturated heterocycles. The molecule has 0 aromatic carbocycles. The van der Waals surface area contributed by atoms with Crippen LogP contribution in [0.15, 0.2) is 6.20 Å². The molecule has 0 saturated carbocycles. The zero-order valence-electron chi connectivity index (χ0n) is 10.6. The normalized spacial score (nSPS) is 13.7. The van der Waals surface area contributed by atoms with E-state index in [2.05, 4.69) is 15.6 Å². The molecule has 7 heteroatoms. The molecular formula is C11H17N3O3S. The summed E-state index contributed by atoms with van der Waals surface area (Å²) in [4.78, 5) is 27.6. The van der Waals surface area contributed by atoms with Crippen molar-refractivity contribution in [2.24, 2.45) is 5.92 Å². The maximum atomic E-state index is 11.6. The molecule has 1 aromatic heterocycles. The largest absolute Gasteiger partial charge is 0.480 e. The van der Waals surface area contributed by atoms with Crippen molar-refractivity contribution in [3.8, 4) is 0 Å². The number of carbonyl (C=O) groups excluding carboxylic acids is 1. The van der Waals surface area contributed by atoms with Gasteiger partial charge in [-0.25, -0.2) is 14.6 Å². The lowest BCUT2D eigenvalue weighted by atomic mass is 10.00. The number of hydrogen-bond donors (Lipinski definition) is 3. The van der Waals surface area contributed by atoms with Crippen LogP contribution in [0.1, 0.15) is 25.1 Å². The summed E-state index contributed by atoms with van der Waals surface area (Å²) in [5, 5.41) is 14.5. The van der Waals surface area contributed by atoms with Gasteiger partial charge < -0.3 is 10.4 Å². The average molecular weight is 271 g/mol. The minimum atomic E-state index is -1.03. The van der Waals surface area contributed by atoms with Gasteiger partial charge in [-0.05, 0) is 12.8 Å². The highest BCUT2D eigenvalue weighted by atomic mass is 32.1. The SMILES string of the molecule is CC[C@H](C)[C@H](NC(=O)Nc1ncc(C)s1)C(=O)O. The molecule has 0 radical (unpaired) electrons. The number of carboxylic acid groups (broad SMARTS) is 1. The van der Waals surface area contributed by atoms with E-state index in [1.54, 1.807) is 13.1 Å². The molecule has 100 valence electrons. The van der Waals surface area contributed by atoms with E-state index >= 15 is 0 Å². The third-order valence-electron chi connectivity index (χ3n) is 2.61. The van der Waals surface area contributed by atoms with Crippen molar-refractivity contribution in [3.05, 3.63) is 11.1 Å². The number of carbonyl (C=O) groups is 2. The number of aliphatic carboxylic acids is 1. The van der Waals surface area contributed by atoms with Crippen LogP contribution in [0.4, 0.5) is 9.93 Å². The monoisotopic (exact) mass is 271 g/mol. The van der Waals surface area contributed by atoms with Gasteiger partial charge in [-0.3, -0.25) is 5.32 Å². The van der Waals surface area contributed by atoms with Gasteiger partial charge in [0.05, 0.1) is 0 Å². The fourth-order valence-electron chi connectivity index (χ4n) is 1.37. The number of nitrogens with zero attached hydrogens (tertiary/aromatic N) is 1. The van der Waals surface area contributed by atoms with Crippen LogP contribution in [0.5, 0.6) is 0 Å². The fraction of sp³-hybridized carbons (Fsp3) is 0.545. The minimum Gasteiger partial charge on any atom is -0.480 e. The summed E-state index contributed by atoms with van der Waals surface area (Å²) < 4.78 is 0. The first-order valence-electron chi connectivity index (χ1n) is 5.66. The van der Waals surface area contributed by atoms with E-state index in [0.29, 0.717) is 11.6 Å². The van der Waals surface area contributed by atoms with E-state index in [1.165, 1.54) is 11.3 Å². The summed E-state index contributed by atoms with van der Waals surface area (Å²) in [5.41, 5.74) is 0. The van der Waals surface area contributed by atoms with Crippen molar-refractivity contribution < 1.29 is 14.7 Å². The summed E-state index contributed by atoms with van der Waals surface area (Å²) in [6.07, 6.45) is 2.32. The van der Waals surface area contributed by atoms with Crippen LogP contribution < -0.4 is 10.6 Å². The second-order valence-corrected chi connectivity index (χ2v) is 5.31. The first-order valence-corrected chi connectivity index (χ1v) is 6.48. The molecule has 1 aromatic rings. The Hall–Kier alpha value is -1.63. The van der Waals surface area contributed by atoms with E-state index in [0.717, 1.165) is 4.88 Å². The number of rotatable bonds is 5. The van der Waals surface area contributed by atoms with Crippen LogP contribution in [0.2, 0.25) is 0 Å². The van der Waals surface area contributed by atoms with E-state index in [9.17, 15) is 9.59 Å². The van der Waals surface area contributed by atoms with Gasteiger partial charge in [-0.2, -0.15) is 0 Å². The molecule has 1 rings (SSSR count). The Morgan fingerprint density at radius 2 is 2.22 bits per heavy atom. The summed E-state index contributed by atoms with van der Waals surface area (Å²) in [6, 6.07) is -1.44. The number of urea groups is 1. The molecule has 0 aliphatic rings. The van der Waals surface area contributed by atoms with Crippen molar-refractivity contribution >= 4 is 28.5 Å². The number of hydrogen-bond acceptors (Lipinski definition) is 4. The van der Waals surface area contributed by atoms with Gasteiger partial charge in [0.15, 0.2) is 5.13 Å². The molecular weight excluding hydrogens is 254 g/mol. The molecule has 2 amide bonds. The maximum absolute atomic E-state index is 11.6. The number of nitrogens with one attached hydrogen (secondary N) is 2. The molecule has 0 unspecified atom stereocenters. The van der Waals surface area contributed by atoms with Crippen molar-refractivity contribution in [2.45, 2.75) is 33.2 Å². The number of thiazole rings is 1. The lowest BCUT2D eigenvalue weighted by Gasteiger charge is -2.19. The molecule has 1 heterocycles. The van der Waals surface area contributed by atoms with E-state index in [-0.39, 0.29) is 5.92 Å². The highest BCUT2D eigenvalue weighted by Gasteiger charge is 2.25. The second-order valence-electron chi connectivity index (χ2n) is 4.08. The lowest BCUT2D eigenvalue weighted by Crippen LogP contribution is -2.46. The zero-order valence-corrected chi connectivity index (χ0v) is 11.4. The molecule has 0 spiro atoms. The number of aryl methyl sites for hydroxylation is 1. The Kier molecular flexibility index (Phi) is 5.08. The number of aromatic nitrogens is 1. The molecule has 6 nitrogen and oxygen atoms in total. The van der Waals surface area contributed by atoms with Crippen molar-refractivity contribution in [3.63, 3.8) is 0 Å². The topological polar surface area (TPSA) is 91.3 Å². The highest BCUT2D eigenvalue weighted by Crippen LogP contribution is 2.16. The van der Waals surface area contributed by atoms with Gasteiger partial charge in [0.25, 0.3) is 0 Å². The summed E-state index contributed by atoms with van der Waals surface area (Å²) >= 11 is 1.34. The number of amides is 2. The van der Waals surface area contributed by atoms with Crippen molar-refractivity contribution in [2.75, 3.05) is 5.32 Å². The molecule has 0 aliphatic carbocycles. The molecule has 0 bridgehead atoms. The lowest BCUT2D eigenvalue weighted by molar-refractivity contribution is -0.140. The molecule has 0 aliphatic heterocycles. The first kappa shape index (κ1) is 14.4. The summed E-state index contributed by atoms with van der Waals surface area (Å²) in [6.45, 7) is 5.54. The standard InChI is InChI=1S/C11H17N3O3S/c1-4-6(2)8(9(15)16)13-10(17)14-11-12-5-7(3)18-11/h5-6,8H,4H2,1-3H3,(H,15,16)(H2,12,13,14,17)/t6-,8-/m0/s1. The predicted octanol–water partition coefficient (Wildman–Crippen LogP) is 2.07. The van der Waals surface area contributed by atoms with Crippen LogP contribution in [-0.2, 0) is 4.79 Å². The zero-order chi connectivity index (χ0) is 13.7. The highest BCUT2D eigenvalue weighted by molar-refractivity contribution is 7.15. The van der Waals surface area contributed by atoms with Crippen molar-refractivity contribution in [1.29, 1.82) is 0 Å². The van der Waals surface area contributed by atoms with Gasteiger partial charge in [0.1, 0.15) is 6.04 Å². The van der Waals surface area contributed by atoms with Gasteiger partial charge in [-0.1, -0.05) is 20.3 Å². The summed E-state index contributed by atoms with van der Waals surface area (Å²) in [7, 11) is 0. The second kappa shape index (κ2) is 6.34. The van der Waals surface area contributed by atoms with Crippen LogP contribution in [0.3, 0.4) is 0 Å². The van der Waals surface area contributed by atoms with E-state index < -0.39 is 18.0 Å². The fourth-order valence-corrected chi connectivity index (χ4v) is 2.03. The number of carboxylic acids is 1. The Balaban J connectivity index is 2.59. The minimum absolute atomic E-state index is 0.133. The number of anilines is 1. The van der Waals surface area contributed by atoms with Gasteiger partial charge in [0, 0.05) is 11.1 Å². The van der Waals surface area contributed by atoms with Crippen molar-refractivity contribution in [1.82, 2.24) is 10.3 Å². The summed E-state index contributed by atoms with van der Waals surface area (Å²) in [5.74, 6) is -1.17. The molecule has 0 fully saturated rings. The third-order valence-corrected chi connectivity index (χ3v) is 3.44. The van der Waals surface area contributed by atoms with Crippen LogP contribution in [-0.4, -0.2) is 28.1 Å². The predicted molar refractivity (Wildman–Crippen MR) is 69.9 cm³/mol. The first-order chi connectivity index (χ1) is 8.43. The van der Waals surface area contributed by atoms with E-state index in [1.807, 2.05) is 13.8 Å². The smallest absolute Gasteiger partial charge is 0.326 e. The molecule has 18 heavy (non-hydrogen) atoms. The van der Waals surface area contributed by atoms with Gasteiger partial charge in [-0.15, -0.1) is 11.3 Å². The average Bonchev–Trinajstić information content (AvgIpc) is 2.70.